The lowest BCUT2D eigenvalue weighted by Gasteiger charge is -2.44. The highest BCUT2D eigenvalue weighted by Gasteiger charge is 2.34. The van der Waals surface area contributed by atoms with Crippen LogP contribution in [0.5, 0.6) is 5.75 Å². The molecule has 3 aliphatic rings. The number of carbonyl (C=O) groups is 1. The molecule has 0 radical (unpaired) electrons. The standard InChI is InChI=1S/C17H22N2O2/c1-21-16-5-3-2-4-14(16)6-7-17(20)18-15-12-19-10-8-13(15)9-11-19/h2-7,13,15H,8-12H2,1H3,(H,18,20)/b7-6-/t15-/m0/s1. The van der Waals surface area contributed by atoms with E-state index in [1.165, 1.54) is 25.9 Å². The molecule has 0 spiro atoms. The van der Waals surface area contributed by atoms with Crippen LogP contribution in [-0.4, -0.2) is 43.6 Å². The molecular weight excluding hydrogens is 264 g/mol. The monoisotopic (exact) mass is 286 g/mol. The van der Waals surface area contributed by atoms with Gasteiger partial charge >= 0.3 is 0 Å². The molecule has 0 aromatic heterocycles. The van der Waals surface area contributed by atoms with Gasteiger partial charge in [0.2, 0.25) is 5.91 Å². The van der Waals surface area contributed by atoms with Gasteiger partial charge in [0, 0.05) is 24.2 Å². The first kappa shape index (κ1) is 14.1. The summed E-state index contributed by atoms with van der Waals surface area (Å²) in [5, 5.41) is 3.15. The summed E-state index contributed by atoms with van der Waals surface area (Å²) in [7, 11) is 1.64. The van der Waals surface area contributed by atoms with Gasteiger partial charge < -0.3 is 15.0 Å². The van der Waals surface area contributed by atoms with Crippen molar-refractivity contribution in [2.75, 3.05) is 26.7 Å². The predicted molar refractivity (Wildman–Crippen MR) is 83.1 cm³/mol. The number of amides is 1. The van der Waals surface area contributed by atoms with Crippen molar-refractivity contribution in [1.82, 2.24) is 10.2 Å². The molecule has 3 saturated heterocycles. The van der Waals surface area contributed by atoms with Crippen molar-refractivity contribution >= 4 is 12.0 Å². The molecule has 112 valence electrons. The summed E-state index contributed by atoms with van der Waals surface area (Å²) >= 11 is 0. The van der Waals surface area contributed by atoms with E-state index >= 15 is 0 Å². The third-order valence-corrected chi connectivity index (χ3v) is 4.54. The second kappa shape index (κ2) is 6.31. The number of rotatable bonds is 4. The molecule has 0 unspecified atom stereocenters. The van der Waals surface area contributed by atoms with Gasteiger partial charge in [-0.25, -0.2) is 0 Å². The van der Waals surface area contributed by atoms with Crippen LogP contribution < -0.4 is 10.1 Å². The van der Waals surface area contributed by atoms with Crippen molar-refractivity contribution in [3.63, 3.8) is 0 Å². The first-order valence-electron chi connectivity index (χ1n) is 7.60. The zero-order valence-corrected chi connectivity index (χ0v) is 12.4. The number of nitrogens with one attached hydrogen (secondary N) is 1. The van der Waals surface area contributed by atoms with Gasteiger partial charge in [-0.15, -0.1) is 0 Å². The SMILES string of the molecule is COc1ccccc1/C=C\C(=O)N[C@H]1CN2CCC1CC2. The molecule has 3 fully saturated rings. The number of hydrogen-bond acceptors (Lipinski definition) is 3. The highest BCUT2D eigenvalue weighted by Crippen LogP contribution is 2.27. The minimum atomic E-state index is -0.0142. The van der Waals surface area contributed by atoms with Crippen LogP contribution in [0.3, 0.4) is 0 Å². The Morgan fingerprint density at radius 1 is 1.33 bits per heavy atom. The van der Waals surface area contributed by atoms with Crippen LogP contribution in [-0.2, 0) is 4.79 Å². The fourth-order valence-corrected chi connectivity index (χ4v) is 3.33. The third kappa shape index (κ3) is 3.27. The Hall–Kier alpha value is -1.81. The summed E-state index contributed by atoms with van der Waals surface area (Å²) in [6, 6.07) is 8.00. The van der Waals surface area contributed by atoms with Crippen molar-refractivity contribution in [2.45, 2.75) is 18.9 Å². The van der Waals surface area contributed by atoms with Crippen LogP contribution in [0.4, 0.5) is 0 Å². The second-order valence-electron chi connectivity index (χ2n) is 5.83. The van der Waals surface area contributed by atoms with E-state index in [1.54, 1.807) is 13.2 Å². The highest BCUT2D eigenvalue weighted by atomic mass is 16.5. The van der Waals surface area contributed by atoms with Crippen molar-refractivity contribution in [2.24, 2.45) is 5.92 Å². The molecule has 4 heteroatoms. The zero-order valence-electron chi connectivity index (χ0n) is 12.4. The van der Waals surface area contributed by atoms with E-state index in [1.807, 2.05) is 30.3 Å². The quantitative estimate of drug-likeness (QED) is 0.860. The average Bonchev–Trinajstić information content (AvgIpc) is 2.54. The molecular formula is C17H22N2O2. The van der Waals surface area contributed by atoms with E-state index in [-0.39, 0.29) is 5.91 Å². The Balaban J connectivity index is 1.60. The van der Waals surface area contributed by atoms with E-state index in [9.17, 15) is 4.79 Å². The molecule has 1 aromatic rings. The topological polar surface area (TPSA) is 41.6 Å². The molecule has 3 aliphatic heterocycles. The Kier molecular flexibility index (Phi) is 4.25. The lowest BCUT2D eigenvalue weighted by Crippen LogP contribution is -2.57. The van der Waals surface area contributed by atoms with Gasteiger partial charge in [-0.05, 0) is 44.0 Å². The summed E-state index contributed by atoms with van der Waals surface area (Å²) in [4.78, 5) is 14.5. The van der Waals surface area contributed by atoms with E-state index < -0.39 is 0 Å². The van der Waals surface area contributed by atoms with Gasteiger partial charge in [-0.3, -0.25) is 4.79 Å². The second-order valence-corrected chi connectivity index (χ2v) is 5.83. The fraction of sp³-hybridized carbons (Fsp3) is 0.471. The molecule has 1 aromatic carbocycles. The molecule has 0 aliphatic carbocycles. The number of fused-ring (bicyclic) bond motifs is 3. The fourth-order valence-electron chi connectivity index (χ4n) is 3.33. The molecule has 1 atom stereocenters. The van der Waals surface area contributed by atoms with E-state index in [0.717, 1.165) is 17.9 Å². The maximum atomic E-state index is 12.1. The number of benzene rings is 1. The number of hydrogen-bond donors (Lipinski definition) is 1. The summed E-state index contributed by atoms with van der Waals surface area (Å²) < 4.78 is 5.28. The smallest absolute Gasteiger partial charge is 0.244 e. The maximum absolute atomic E-state index is 12.1. The highest BCUT2D eigenvalue weighted by molar-refractivity contribution is 5.92. The molecule has 0 saturated carbocycles. The number of nitrogens with zero attached hydrogens (tertiary/aromatic N) is 1. The van der Waals surface area contributed by atoms with Gasteiger partial charge in [0.05, 0.1) is 7.11 Å². The van der Waals surface area contributed by atoms with Gasteiger partial charge in [0.25, 0.3) is 0 Å². The number of para-hydroxylation sites is 1. The Morgan fingerprint density at radius 3 is 2.76 bits per heavy atom. The lowest BCUT2D eigenvalue weighted by molar-refractivity contribution is -0.118. The van der Waals surface area contributed by atoms with Gasteiger partial charge in [0.15, 0.2) is 0 Å². The van der Waals surface area contributed by atoms with Gasteiger partial charge in [0.1, 0.15) is 5.75 Å². The summed E-state index contributed by atoms with van der Waals surface area (Å²) in [5.74, 6) is 1.42. The van der Waals surface area contributed by atoms with Crippen LogP contribution in [0, 0.1) is 5.92 Å². The van der Waals surface area contributed by atoms with E-state index in [4.69, 9.17) is 4.74 Å². The van der Waals surface area contributed by atoms with Gasteiger partial charge in [-0.1, -0.05) is 18.2 Å². The predicted octanol–water partition coefficient (Wildman–Crippen LogP) is 1.92. The first-order valence-corrected chi connectivity index (χ1v) is 7.60. The molecule has 3 heterocycles. The van der Waals surface area contributed by atoms with Crippen LogP contribution in [0.2, 0.25) is 0 Å². The molecule has 4 rings (SSSR count). The van der Waals surface area contributed by atoms with Crippen LogP contribution in [0.15, 0.2) is 30.3 Å². The molecule has 4 nitrogen and oxygen atoms in total. The lowest BCUT2D eigenvalue weighted by atomic mass is 9.84. The third-order valence-electron chi connectivity index (χ3n) is 4.54. The van der Waals surface area contributed by atoms with Crippen molar-refractivity contribution in [3.8, 4) is 5.75 Å². The number of methoxy groups -OCH3 is 1. The summed E-state index contributed by atoms with van der Waals surface area (Å²) in [6.45, 7) is 3.38. The minimum absolute atomic E-state index is 0.0142. The Morgan fingerprint density at radius 2 is 2.10 bits per heavy atom. The minimum Gasteiger partial charge on any atom is -0.496 e. The molecule has 2 bridgehead atoms. The van der Waals surface area contributed by atoms with E-state index in [0.29, 0.717) is 12.0 Å². The largest absolute Gasteiger partial charge is 0.496 e. The molecule has 1 N–H and O–H groups in total. The van der Waals surface area contributed by atoms with E-state index in [2.05, 4.69) is 10.2 Å². The van der Waals surface area contributed by atoms with Crippen molar-refractivity contribution in [3.05, 3.63) is 35.9 Å². The van der Waals surface area contributed by atoms with Crippen LogP contribution >= 0.6 is 0 Å². The molecule has 21 heavy (non-hydrogen) atoms. The number of piperidine rings is 3. The van der Waals surface area contributed by atoms with Crippen molar-refractivity contribution in [1.29, 1.82) is 0 Å². The number of carbonyl (C=O) groups excluding carboxylic acids is 1. The summed E-state index contributed by atoms with van der Waals surface area (Å²) in [6.07, 6.45) is 5.84. The maximum Gasteiger partial charge on any atom is 0.244 e. The zero-order chi connectivity index (χ0) is 14.7. The van der Waals surface area contributed by atoms with Gasteiger partial charge in [-0.2, -0.15) is 0 Å². The van der Waals surface area contributed by atoms with Crippen LogP contribution in [0.25, 0.3) is 6.08 Å². The Bertz CT molecular complexity index is 533. The average molecular weight is 286 g/mol. The summed E-state index contributed by atoms with van der Waals surface area (Å²) in [5.41, 5.74) is 0.920. The van der Waals surface area contributed by atoms with Crippen LogP contribution in [0.1, 0.15) is 18.4 Å². The normalized spacial score (nSPS) is 27.8. The Labute approximate surface area is 125 Å². The van der Waals surface area contributed by atoms with Crippen molar-refractivity contribution < 1.29 is 9.53 Å². The first-order chi connectivity index (χ1) is 10.3. The number of ether oxygens (including phenoxy) is 1. The molecule has 1 amide bonds.